The lowest BCUT2D eigenvalue weighted by atomic mass is 10.2. The maximum Gasteiger partial charge on any atom is 0.251 e. The van der Waals surface area contributed by atoms with Crippen LogP contribution in [0.3, 0.4) is 0 Å². The summed E-state index contributed by atoms with van der Waals surface area (Å²) in [5.74, 6) is -0.519. The number of nitrogens with two attached hydrogens (primary N) is 3. The van der Waals surface area contributed by atoms with Crippen LogP contribution < -0.4 is 17.2 Å². The number of carbonyl (C=O) groups excluding carboxylic acids is 1. The second-order valence-electron chi connectivity index (χ2n) is 3.35. The first kappa shape index (κ1) is 10.0. The molecule has 0 bridgehead atoms. The van der Waals surface area contributed by atoms with Gasteiger partial charge in [-0.1, -0.05) is 0 Å². The third-order valence-electron chi connectivity index (χ3n) is 2.20. The van der Waals surface area contributed by atoms with E-state index in [1.165, 1.54) is 17.1 Å². The van der Waals surface area contributed by atoms with E-state index in [0.717, 1.165) is 5.69 Å². The molecular formula is C10H11N5O. The number of nitrogens with zero attached hydrogens (tertiary/aromatic N) is 2. The summed E-state index contributed by atoms with van der Waals surface area (Å²) in [4.78, 5) is 10.9. The molecular weight excluding hydrogens is 206 g/mol. The Morgan fingerprint density at radius 3 is 2.56 bits per heavy atom. The van der Waals surface area contributed by atoms with Gasteiger partial charge in [0, 0.05) is 6.20 Å². The maximum atomic E-state index is 10.9. The SMILES string of the molecule is NC(=O)c1cnn(-c2ccc(N)c(N)c2)c1. The Morgan fingerprint density at radius 2 is 2.00 bits per heavy atom. The van der Waals surface area contributed by atoms with Gasteiger partial charge in [0.05, 0.1) is 28.8 Å². The summed E-state index contributed by atoms with van der Waals surface area (Å²) < 4.78 is 1.51. The number of hydrogen-bond acceptors (Lipinski definition) is 4. The van der Waals surface area contributed by atoms with E-state index in [1.54, 1.807) is 18.2 Å². The van der Waals surface area contributed by atoms with Crippen molar-refractivity contribution in [1.82, 2.24) is 9.78 Å². The molecule has 0 unspecified atom stereocenters. The zero-order valence-electron chi connectivity index (χ0n) is 8.42. The summed E-state index contributed by atoms with van der Waals surface area (Å²) in [6.07, 6.45) is 2.93. The Balaban J connectivity index is 2.42. The van der Waals surface area contributed by atoms with Gasteiger partial charge < -0.3 is 17.2 Å². The lowest BCUT2D eigenvalue weighted by Crippen LogP contribution is -2.09. The van der Waals surface area contributed by atoms with E-state index in [9.17, 15) is 4.79 Å². The molecule has 1 heterocycles. The molecule has 82 valence electrons. The fraction of sp³-hybridized carbons (Fsp3) is 0. The van der Waals surface area contributed by atoms with Gasteiger partial charge in [-0.3, -0.25) is 4.79 Å². The molecule has 6 nitrogen and oxygen atoms in total. The van der Waals surface area contributed by atoms with Gasteiger partial charge in [-0.2, -0.15) is 5.10 Å². The summed E-state index contributed by atoms with van der Waals surface area (Å²) in [6.45, 7) is 0. The van der Waals surface area contributed by atoms with Crippen LogP contribution in [0.1, 0.15) is 10.4 Å². The van der Waals surface area contributed by atoms with Gasteiger partial charge in [0.25, 0.3) is 5.91 Å². The van der Waals surface area contributed by atoms with Crippen molar-refractivity contribution in [2.75, 3.05) is 11.5 Å². The van der Waals surface area contributed by atoms with Crippen molar-refractivity contribution >= 4 is 17.3 Å². The molecule has 0 radical (unpaired) electrons. The summed E-state index contributed by atoms with van der Waals surface area (Å²) in [5.41, 5.74) is 18.4. The lowest BCUT2D eigenvalue weighted by Gasteiger charge is -2.04. The molecule has 6 heteroatoms. The first-order chi connectivity index (χ1) is 7.58. The van der Waals surface area contributed by atoms with E-state index in [1.807, 2.05) is 0 Å². The van der Waals surface area contributed by atoms with Crippen LogP contribution >= 0.6 is 0 Å². The van der Waals surface area contributed by atoms with Gasteiger partial charge in [-0.15, -0.1) is 0 Å². The van der Waals surface area contributed by atoms with Crippen LogP contribution in [-0.2, 0) is 0 Å². The van der Waals surface area contributed by atoms with Crippen molar-refractivity contribution in [1.29, 1.82) is 0 Å². The van der Waals surface area contributed by atoms with Gasteiger partial charge >= 0.3 is 0 Å². The normalized spacial score (nSPS) is 10.2. The number of hydrogen-bond donors (Lipinski definition) is 3. The quantitative estimate of drug-likeness (QED) is 0.620. The van der Waals surface area contributed by atoms with Crippen molar-refractivity contribution in [3.8, 4) is 5.69 Å². The molecule has 1 aromatic carbocycles. The second-order valence-corrected chi connectivity index (χ2v) is 3.35. The summed E-state index contributed by atoms with van der Waals surface area (Å²) in [6, 6.07) is 5.10. The highest BCUT2D eigenvalue weighted by Gasteiger charge is 2.06. The van der Waals surface area contributed by atoms with Gasteiger partial charge in [0.2, 0.25) is 0 Å². The minimum absolute atomic E-state index is 0.343. The largest absolute Gasteiger partial charge is 0.397 e. The van der Waals surface area contributed by atoms with E-state index in [2.05, 4.69) is 5.10 Å². The average molecular weight is 217 g/mol. The molecule has 0 aliphatic rings. The van der Waals surface area contributed by atoms with Crippen molar-refractivity contribution in [2.24, 2.45) is 5.73 Å². The molecule has 0 aliphatic carbocycles. The van der Waals surface area contributed by atoms with Crippen LogP contribution in [0.15, 0.2) is 30.6 Å². The van der Waals surface area contributed by atoms with Crippen molar-refractivity contribution in [2.45, 2.75) is 0 Å². The fourth-order valence-corrected chi connectivity index (χ4v) is 1.30. The fourth-order valence-electron chi connectivity index (χ4n) is 1.30. The predicted molar refractivity (Wildman–Crippen MR) is 60.9 cm³/mol. The van der Waals surface area contributed by atoms with Crippen LogP contribution in [0.2, 0.25) is 0 Å². The highest BCUT2D eigenvalue weighted by atomic mass is 16.1. The molecule has 0 aliphatic heterocycles. The van der Waals surface area contributed by atoms with Crippen LogP contribution in [0, 0.1) is 0 Å². The third-order valence-corrected chi connectivity index (χ3v) is 2.20. The van der Waals surface area contributed by atoms with Gasteiger partial charge in [-0.25, -0.2) is 4.68 Å². The Bertz CT molecular complexity index is 546. The van der Waals surface area contributed by atoms with Crippen molar-refractivity contribution < 1.29 is 4.79 Å². The summed E-state index contributed by atoms with van der Waals surface area (Å²) >= 11 is 0. The highest BCUT2D eigenvalue weighted by Crippen LogP contribution is 2.18. The zero-order chi connectivity index (χ0) is 11.7. The van der Waals surface area contributed by atoms with E-state index < -0.39 is 5.91 Å². The minimum Gasteiger partial charge on any atom is -0.397 e. The minimum atomic E-state index is -0.519. The number of nitrogen functional groups attached to an aromatic ring is 2. The number of rotatable bonds is 2. The van der Waals surface area contributed by atoms with Crippen LogP contribution in [-0.4, -0.2) is 15.7 Å². The second kappa shape index (κ2) is 3.58. The lowest BCUT2D eigenvalue weighted by molar-refractivity contribution is 0.100. The Hall–Kier alpha value is -2.50. The zero-order valence-corrected chi connectivity index (χ0v) is 8.42. The van der Waals surface area contributed by atoms with Crippen molar-refractivity contribution in [3.63, 3.8) is 0 Å². The monoisotopic (exact) mass is 217 g/mol. The molecule has 0 atom stereocenters. The molecule has 1 aromatic heterocycles. The molecule has 0 spiro atoms. The molecule has 0 fully saturated rings. The molecule has 6 N–H and O–H groups in total. The van der Waals surface area contributed by atoms with Crippen LogP contribution in [0.4, 0.5) is 11.4 Å². The van der Waals surface area contributed by atoms with E-state index in [-0.39, 0.29) is 0 Å². The van der Waals surface area contributed by atoms with Gasteiger partial charge in [0.15, 0.2) is 0 Å². The Labute approximate surface area is 91.6 Å². The average Bonchev–Trinajstić information content (AvgIpc) is 2.71. The molecule has 2 rings (SSSR count). The predicted octanol–water partition coefficient (Wildman–Crippen LogP) is 0.136. The number of anilines is 2. The molecule has 0 saturated carbocycles. The molecule has 16 heavy (non-hydrogen) atoms. The Morgan fingerprint density at radius 1 is 1.25 bits per heavy atom. The number of primary amides is 1. The number of carbonyl (C=O) groups is 1. The maximum absolute atomic E-state index is 10.9. The van der Waals surface area contributed by atoms with E-state index >= 15 is 0 Å². The van der Waals surface area contributed by atoms with Crippen LogP contribution in [0.25, 0.3) is 5.69 Å². The first-order valence-electron chi connectivity index (χ1n) is 4.58. The molecule has 0 saturated heterocycles. The van der Waals surface area contributed by atoms with Gasteiger partial charge in [0.1, 0.15) is 0 Å². The molecule has 1 amide bonds. The molecule has 2 aromatic rings. The number of aromatic nitrogens is 2. The highest BCUT2D eigenvalue weighted by molar-refractivity contribution is 5.92. The first-order valence-corrected chi connectivity index (χ1v) is 4.58. The number of benzene rings is 1. The van der Waals surface area contributed by atoms with Gasteiger partial charge in [-0.05, 0) is 18.2 Å². The summed E-state index contributed by atoms with van der Waals surface area (Å²) in [5, 5.41) is 4.00. The number of amides is 1. The smallest absolute Gasteiger partial charge is 0.251 e. The topological polar surface area (TPSA) is 113 Å². The standard InChI is InChI=1S/C10H11N5O/c11-8-2-1-7(3-9(8)12)15-5-6(4-14-15)10(13)16/h1-5H,11-12H2,(H2,13,16). The summed E-state index contributed by atoms with van der Waals surface area (Å²) in [7, 11) is 0. The third kappa shape index (κ3) is 1.68. The van der Waals surface area contributed by atoms with Crippen LogP contribution in [0.5, 0.6) is 0 Å². The van der Waals surface area contributed by atoms with Crippen molar-refractivity contribution in [3.05, 3.63) is 36.2 Å². The van der Waals surface area contributed by atoms with E-state index in [0.29, 0.717) is 16.9 Å². The van der Waals surface area contributed by atoms with E-state index in [4.69, 9.17) is 17.2 Å². The Kier molecular flexibility index (Phi) is 2.24.